The molecule has 1 amide bonds. The second-order valence-electron chi connectivity index (χ2n) is 5.47. The number of ether oxygens (including phenoxy) is 1. The number of nitrogens with zero attached hydrogens (tertiary/aromatic N) is 2. The minimum Gasteiger partial charge on any atom is -0.484 e. The monoisotopic (exact) mass is 347 g/mol. The van der Waals surface area contributed by atoms with Gasteiger partial charge in [0.25, 0.3) is 5.91 Å². The molecule has 2 rings (SSSR count). The smallest absolute Gasteiger partial charge is 0.263 e. The Morgan fingerprint density at radius 2 is 2.00 bits per heavy atom. The number of rotatable bonds is 8. The molecule has 24 heavy (non-hydrogen) atoms. The summed E-state index contributed by atoms with van der Waals surface area (Å²) in [5.74, 6) is 0.840. The van der Waals surface area contributed by atoms with Gasteiger partial charge in [0.2, 0.25) is 0 Å². The summed E-state index contributed by atoms with van der Waals surface area (Å²) in [5.41, 5.74) is 1.03. The zero-order valence-corrected chi connectivity index (χ0v) is 14.7. The first-order valence-electron chi connectivity index (χ1n) is 7.94. The number of amides is 1. The van der Waals surface area contributed by atoms with E-state index in [4.69, 9.17) is 16.3 Å². The van der Waals surface area contributed by atoms with Gasteiger partial charge in [-0.05, 0) is 42.8 Å². The SMILES string of the molecule is CCCCN(C)c1ccc(NC(=O)COc2ccc(Cl)cc2)nc1. The van der Waals surface area contributed by atoms with Gasteiger partial charge in [-0.25, -0.2) is 4.98 Å². The highest BCUT2D eigenvalue weighted by molar-refractivity contribution is 6.30. The van der Waals surface area contributed by atoms with E-state index in [9.17, 15) is 4.79 Å². The fourth-order valence-electron chi connectivity index (χ4n) is 2.07. The number of carbonyl (C=O) groups is 1. The number of hydrogen-bond donors (Lipinski definition) is 1. The van der Waals surface area contributed by atoms with E-state index in [1.54, 1.807) is 36.5 Å². The summed E-state index contributed by atoms with van der Waals surface area (Å²) in [6, 6.07) is 10.6. The van der Waals surface area contributed by atoms with Gasteiger partial charge in [0, 0.05) is 18.6 Å². The molecule has 2 aromatic rings. The number of pyridine rings is 1. The predicted molar refractivity (Wildman–Crippen MR) is 98.0 cm³/mol. The van der Waals surface area contributed by atoms with Crippen LogP contribution in [0.4, 0.5) is 11.5 Å². The summed E-state index contributed by atoms with van der Waals surface area (Å²) < 4.78 is 5.39. The van der Waals surface area contributed by atoms with E-state index in [1.165, 1.54) is 0 Å². The normalized spacial score (nSPS) is 10.3. The Labute approximate surface area is 147 Å². The Bertz CT molecular complexity index is 644. The fourth-order valence-corrected chi connectivity index (χ4v) is 2.19. The van der Waals surface area contributed by atoms with Gasteiger partial charge in [-0.3, -0.25) is 4.79 Å². The number of carbonyl (C=O) groups excluding carboxylic acids is 1. The van der Waals surface area contributed by atoms with Crippen LogP contribution >= 0.6 is 11.6 Å². The van der Waals surface area contributed by atoms with Crippen LogP contribution in [0, 0.1) is 0 Å². The first-order chi connectivity index (χ1) is 11.6. The molecule has 1 heterocycles. The number of benzene rings is 1. The first-order valence-corrected chi connectivity index (χ1v) is 8.31. The summed E-state index contributed by atoms with van der Waals surface area (Å²) in [5, 5.41) is 3.34. The number of aromatic nitrogens is 1. The van der Waals surface area contributed by atoms with Crippen molar-refractivity contribution < 1.29 is 9.53 Å². The molecule has 0 aliphatic heterocycles. The van der Waals surface area contributed by atoms with Crippen LogP contribution in [0.3, 0.4) is 0 Å². The molecular weight excluding hydrogens is 326 g/mol. The topological polar surface area (TPSA) is 54.5 Å². The van der Waals surface area contributed by atoms with E-state index >= 15 is 0 Å². The molecule has 0 unspecified atom stereocenters. The van der Waals surface area contributed by atoms with Crippen LogP contribution in [0.15, 0.2) is 42.6 Å². The molecule has 0 saturated heterocycles. The Hall–Kier alpha value is -2.27. The molecule has 0 aliphatic carbocycles. The van der Waals surface area contributed by atoms with Crippen molar-refractivity contribution in [3.63, 3.8) is 0 Å². The fraction of sp³-hybridized carbons (Fsp3) is 0.333. The second-order valence-corrected chi connectivity index (χ2v) is 5.90. The molecule has 1 aromatic heterocycles. The second kappa shape index (κ2) is 9.13. The van der Waals surface area contributed by atoms with E-state index < -0.39 is 0 Å². The summed E-state index contributed by atoms with van der Waals surface area (Å²) >= 11 is 5.80. The van der Waals surface area contributed by atoms with E-state index in [-0.39, 0.29) is 12.5 Å². The molecule has 1 aromatic carbocycles. The third kappa shape index (κ3) is 5.74. The Balaban J connectivity index is 1.82. The van der Waals surface area contributed by atoms with Gasteiger partial charge < -0.3 is 15.0 Å². The summed E-state index contributed by atoms with van der Waals surface area (Å²) in [4.78, 5) is 18.3. The highest BCUT2D eigenvalue weighted by Crippen LogP contribution is 2.16. The lowest BCUT2D eigenvalue weighted by atomic mass is 10.3. The maximum Gasteiger partial charge on any atom is 0.263 e. The standard InChI is InChI=1S/C18H22ClN3O2/c1-3-4-11-22(2)15-7-10-17(20-12-15)21-18(23)13-24-16-8-5-14(19)6-9-16/h5-10,12H,3-4,11,13H2,1-2H3,(H,20,21,23). The number of halogens is 1. The molecule has 1 N–H and O–H groups in total. The minimum atomic E-state index is -0.260. The molecule has 6 heteroatoms. The van der Waals surface area contributed by atoms with Crippen LogP contribution in [-0.2, 0) is 4.79 Å². The molecule has 0 fully saturated rings. The van der Waals surface area contributed by atoms with Crippen molar-refractivity contribution in [1.82, 2.24) is 4.98 Å². The van der Waals surface area contributed by atoms with Gasteiger partial charge in [-0.1, -0.05) is 24.9 Å². The number of unbranched alkanes of at least 4 members (excludes halogenated alkanes) is 1. The lowest BCUT2D eigenvalue weighted by molar-refractivity contribution is -0.118. The Kier molecular flexibility index (Phi) is 6.88. The van der Waals surface area contributed by atoms with Gasteiger partial charge in [-0.2, -0.15) is 0 Å². The van der Waals surface area contributed by atoms with Crippen LogP contribution in [0.2, 0.25) is 5.02 Å². The molecule has 5 nitrogen and oxygen atoms in total. The Morgan fingerprint density at radius 1 is 1.25 bits per heavy atom. The van der Waals surface area contributed by atoms with Crippen molar-refractivity contribution in [2.75, 3.05) is 30.4 Å². The zero-order valence-electron chi connectivity index (χ0n) is 14.0. The van der Waals surface area contributed by atoms with Gasteiger partial charge in [0.1, 0.15) is 11.6 Å². The lowest BCUT2D eigenvalue weighted by Gasteiger charge is -2.18. The van der Waals surface area contributed by atoms with Crippen LogP contribution in [0.25, 0.3) is 0 Å². The van der Waals surface area contributed by atoms with Gasteiger partial charge in [0.15, 0.2) is 6.61 Å². The lowest BCUT2D eigenvalue weighted by Crippen LogP contribution is -2.21. The largest absolute Gasteiger partial charge is 0.484 e. The van der Waals surface area contributed by atoms with Crippen molar-refractivity contribution in [2.45, 2.75) is 19.8 Å². The van der Waals surface area contributed by atoms with Crippen LogP contribution in [-0.4, -0.2) is 31.1 Å². The van der Waals surface area contributed by atoms with Gasteiger partial charge in [0.05, 0.1) is 11.9 Å². The van der Waals surface area contributed by atoms with Crippen molar-refractivity contribution in [2.24, 2.45) is 0 Å². The van der Waals surface area contributed by atoms with Crippen molar-refractivity contribution in [3.05, 3.63) is 47.6 Å². The van der Waals surface area contributed by atoms with Crippen LogP contribution in [0.5, 0.6) is 5.75 Å². The van der Waals surface area contributed by atoms with E-state index in [2.05, 4.69) is 22.1 Å². The molecule has 0 radical (unpaired) electrons. The van der Waals surface area contributed by atoms with E-state index in [0.717, 1.165) is 25.1 Å². The maximum absolute atomic E-state index is 11.9. The molecule has 0 spiro atoms. The van der Waals surface area contributed by atoms with E-state index in [1.807, 2.05) is 13.1 Å². The van der Waals surface area contributed by atoms with Crippen molar-refractivity contribution in [1.29, 1.82) is 0 Å². The molecule has 0 bridgehead atoms. The molecule has 0 saturated carbocycles. The number of hydrogen-bond acceptors (Lipinski definition) is 4. The third-order valence-corrected chi connectivity index (χ3v) is 3.74. The van der Waals surface area contributed by atoms with Crippen LogP contribution < -0.4 is 15.0 Å². The first kappa shape index (κ1) is 18.1. The number of anilines is 2. The van der Waals surface area contributed by atoms with Gasteiger partial charge in [-0.15, -0.1) is 0 Å². The summed E-state index contributed by atoms with van der Waals surface area (Å²) in [6.45, 7) is 3.07. The van der Waals surface area contributed by atoms with Crippen LogP contribution in [0.1, 0.15) is 19.8 Å². The van der Waals surface area contributed by atoms with Crippen molar-refractivity contribution in [3.8, 4) is 5.75 Å². The summed E-state index contributed by atoms with van der Waals surface area (Å²) in [6.07, 6.45) is 4.04. The van der Waals surface area contributed by atoms with Crippen molar-refractivity contribution >= 4 is 29.0 Å². The Morgan fingerprint density at radius 3 is 2.62 bits per heavy atom. The molecule has 0 atom stereocenters. The number of nitrogens with one attached hydrogen (secondary N) is 1. The van der Waals surface area contributed by atoms with E-state index in [0.29, 0.717) is 16.6 Å². The maximum atomic E-state index is 11.9. The average molecular weight is 348 g/mol. The quantitative estimate of drug-likeness (QED) is 0.784. The molecule has 0 aliphatic rings. The van der Waals surface area contributed by atoms with Gasteiger partial charge >= 0.3 is 0 Å². The predicted octanol–water partition coefficient (Wildman–Crippen LogP) is 3.99. The highest BCUT2D eigenvalue weighted by atomic mass is 35.5. The minimum absolute atomic E-state index is 0.0819. The summed E-state index contributed by atoms with van der Waals surface area (Å²) in [7, 11) is 2.03. The molecule has 128 valence electrons. The molecular formula is C18H22ClN3O2. The zero-order chi connectivity index (χ0) is 17.4. The highest BCUT2D eigenvalue weighted by Gasteiger charge is 2.06. The average Bonchev–Trinajstić information content (AvgIpc) is 2.60. The third-order valence-electron chi connectivity index (χ3n) is 3.49.